The Morgan fingerprint density at radius 2 is 2.23 bits per heavy atom. The second-order valence-electron chi connectivity index (χ2n) is 5.57. The van der Waals surface area contributed by atoms with Crippen LogP contribution in [0.25, 0.3) is 0 Å². The van der Waals surface area contributed by atoms with Gasteiger partial charge in [-0.15, -0.1) is 0 Å². The summed E-state index contributed by atoms with van der Waals surface area (Å²) in [5.41, 5.74) is 7.99. The lowest BCUT2D eigenvalue weighted by Crippen LogP contribution is -2.22. The van der Waals surface area contributed by atoms with E-state index in [1.807, 2.05) is 45.0 Å². The summed E-state index contributed by atoms with van der Waals surface area (Å²) in [6, 6.07) is 8.00. The van der Waals surface area contributed by atoms with Gasteiger partial charge in [-0.05, 0) is 31.0 Å². The molecule has 0 aliphatic rings. The van der Waals surface area contributed by atoms with Gasteiger partial charge in [0.2, 0.25) is 5.89 Å². The van der Waals surface area contributed by atoms with Crippen LogP contribution in [0.4, 0.5) is 5.69 Å². The molecular formula is C16H23N5O. The number of nitrogens with zero attached hydrogens (tertiary/aromatic N) is 3. The molecule has 1 aromatic heterocycles. The summed E-state index contributed by atoms with van der Waals surface area (Å²) in [6.45, 7) is 6.73. The molecule has 0 bridgehead atoms. The fourth-order valence-electron chi connectivity index (χ4n) is 1.94. The largest absolute Gasteiger partial charge is 0.370 e. The highest BCUT2D eigenvalue weighted by Gasteiger charge is 2.08. The van der Waals surface area contributed by atoms with E-state index in [1.165, 1.54) is 5.56 Å². The van der Waals surface area contributed by atoms with Crippen molar-refractivity contribution in [3.05, 3.63) is 41.5 Å². The van der Waals surface area contributed by atoms with Crippen LogP contribution < -0.4 is 11.1 Å². The Balaban J connectivity index is 1.76. The number of aromatic nitrogens is 2. The molecule has 0 atom stereocenters. The molecule has 2 rings (SSSR count). The second-order valence-corrected chi connectivity index (χ2v) is 5.57. The van der Waals surface area contributed by atoms with E-state index >= 15 is 0 Å². The maximum atomic E-state index is 5.87. The molecule has 2 aromatic rings. The first-order chi connectivity index (χ1) is 10.5. The van der Waals surface area contributed by atoms with Crippen LogP contribution in [0, 0.1) is 6.92 Å². The van der Waals surface area contributed by atoms with Crippen LogP contribution in [0.3, 0.4) is 0 Å². The maximum Gasteiger partial charge on any atom is 0.226 e. The minimum atomic E-state index is 0.282. The number of rotatable bonds is 6. The molecule has 1 aromatic carbocycles. The van der Waals surface area contributed by atoms with E-state index in [-0.39, 0.29) is 5.92 Å². The van der Waals surface area contributed by atoms with Crippen molar-refractivity contribution < 1.29 is 4.52 Å². The van der Waals surface area contributed by atoms with Crippen molar-refractivity contribution in [3.63, 3.8) is 0 Å². The van der Waals surface area contributed by atoms with Crippen molar-refractivity contribution >= 4 is 11.6 Å². The molecule has 0 aliphatic carbocycles. The molecule has 0 unspecified atom stereocenters. The fraction of sp³-hybridized carbons (Fsp3) is 0.438. The smallest absolute Gasteiger partial charge is 0.226 e. The van der Waals surface area contributed by atoms with Crippen LogP contribution in [0.1, 0.15) is 43.5 Å². The van der Waals surface area contributed by atoms with Crippen LogP contribution in [0.5, 0.6) is 0 Å². The summed E-state index contributed by atoms with van der Waals surface area (Å²) < 4.78 is 5.19. The fourth-order valence-corrected chi connectivity index (χ4v) is 1.94. The van der Waals surface area contributed by atoms with Crippen molar-refractivity contribution in [1.82, 2.24) is 10.1 Å². The van der Waals surface area contributed by atoms with E-state index in [0.717, 1.165) is 17.9 Å². The molecular weight excluding hydrogens is 278 g/mol. The normalized spacial score (nSPS) is 11.9. The summed E-state index contributed by atoms with van der Waals surface area (Å²) in [5.74, 6) is 2.10. The Hall–Kier alpha value is -2.37. The zero-order chi connectivity index (χ0) is 15.9. The average molecular weight is 301 g/mol. The first kappa shape index (κ1) is 16.0. The standard InChI is InChI=1S/C16H23N5O/c1-11(2)15-20-14(22-21-15)8-5-9-18-16(17)19-13-7-4-6-12(3)10-13/h4,6-7,10-11H,5,8-9H2,1-3H3,(H3,17,18,19). The third-order valence-electron chi connectivity index (χ3n) is 3.12. The second kappa shape index (κ2) is 7.59. The number of aryl methyl sites for hydroxylation is 2. The predicted octanol–water partition coefficient (Wildman–Crippen LogP) is 2.86. The number of aliphatic imine (C=N–C) groups is 1. The quantitative estimate of drug-likeness (QED) is 0.486. The lowest BCUT2D eigenvalue weighted by atomic mass is 10.2. The van der Waals surface area contributed by atoms with Crippen molar-refractivity contribution in [2.24, 2.45) is 10.7 Å². The summed E-state index contributed by atoms with van der Waals surface area (Å²) >= 11 is 0. The molecule has 22 heavy (non-hydrogen) atoms. The molecule has 3 N–H and O–H groups in total. The average Bonchev–Trinajstić information content (AvgIpc) is 2.93. The van der Waals surface area contributed by atoms with Gasteiger partial charge in [-0.25, -0.2) is 0 Å². The van der Waals surface area contributed by atoms with Crippen molar-refractivity contribution in [2.45, 2.75) is 39.5 Å². The number of hydrogen-bond acceptors (Lipinski definition) is 4. The number of guanidine groups is 1. The van der Waals surface area contributed by atoms with Crippen molar-refractivity contribution in [1.29, 1.82) is 0 Å². The molecule has 0 spiro atoms. The van der Waals surface area contributed by atoms with E-state index in [1.54, 1.807) is 0 Å². The van der Waals surface area contributed by atoms with Gasteiger partial charge in [0.1, 0.15) is 0 Å². The lowest BCUT2D eigenvalue weighted by Gasteiger charge is -2.06. The van der Waals surface area contributed by atoms with Gasteiger partial charge in [0, 0.05) is 24.6 Å². The van der Waals surface area contributed by atoms with Crippen LogP contribution in [-0.2, 0) is 6.42 Å². The highest BCUT2D eigenvalue weighted by molar-refractivity contribution is 5.92. The minimum absolute atomic E-state index is 0.282. The van der Waals surface area contributed by atoms with Gasteiger partial charge in [-0.2, -0.15) is 4.98 Å². The molecule has 1 heterocycles. The molecule has 0 saturated carbocycles. The van der Waals surface area contributed by atoms with Gasteiger partial charge < -0.3 is 15.6 Å². The number of nitrogens with one attached hydrogen (secondary N) is 1. The summed E-state index contributed by atoms with van der Waals surface area (Å²) in [5, 5.41) is 7.01. The number of benzene rings is 1. The third-order valence-corrected chi connectivity index (χ3v) is 3.12. The van der Waals surface area contributed by atoms with E-state index in [0.29, 0.717) is 24.8 Å². The Morgan fingerprint density at radius 1 is 1.41 bits per heavy atom. The van der Waals surface area contributed by atoms with Gasteiger partial charge in [0.25, 0.3) is 0 Å². The van der Waals surface area contributed by atoms with Gasteiger partial charge in [0.05, 0.1) is 0 Å². The molecule has 6 heteroatoms. The van der Waals surface area contributed by atoms with Crippen LogP contribution in [-0.4, -0.2) is 22.6 Å². The zero-order valence-corrected chi connectivity index (χ0v) is 13.3. The predicted molar refractivity (Wildman–Crippen MR) is 88.0 cm³/mol. The SMILES string of the molecule is Cc1cccc(NC(N)=NCCCc2nc(C(C)C)no2)c1. The molecule has 118 valence electrons. The minimum Gasteiger partial charge on any atom is -0.370 e. The van der Waals surface area contributed by atoms with Crippen molar-refractivity contribution in [2.75, 3.05) is 11.9 Å². The van der Waals surface area contributed by atoms with E-state index in [9.17, 15) is 0 Å². The maximum absolute atomic E-state index is 5.87. The summed E-state index contributed by atoms with van der Waals surface area (Å²) in [7, 11) is 0. The Kier molecular flexibility index (Phi) is 5.52. The Bertz CT molecular complexity index is 633. The number of anilines is 1. The van der Waals surface area contributed by atoms with Gasteiger partial charge in [-0.3, -0.25) is 4.99 Å². The highest BCUT2D eigenvalue weighted by Crippen LogP contribution is 2.11. The number of nitrogens with two attached hydrogens (primary N) is 1. The zero-order valence-electron chi connectivity index (χ0n) is 13.3. The van der Waals surface area contributed by atoms with E-state index < -0.39 is 0 Å². The Labute approximate surface area is 130 Å². The number of hydrogen-bond donors (Lipinski definition) is 2. The van der Waals surface area contributed by atoms with E-state index in [4.69, 9.17) is 10.3 Å². The summed E-state index contributed by atoms with van der Waals surface area (Å²) in [4.78, 5) is 8.63. The molecule has 0 saturated heterocycles. The molecule has 0 radical (unpaired) electrons. The highest BCUT2D eigenvalue weighted by atomic mass is 16.5. The van der Waals surface area contributed by atoms with Crippen LogP contribution in [0.2, 0.25) is 0 Å². The van der Waals surface area contributed by atoms with Crippen molar-refractivity contribution in [3.8, 4) is 0 Å². The topological polar surface area (TPSA) is 89.3 Å². The van der Waals surface area contributed by atoms with Gasteiger partial charge >= 0.3 is 0 Å². The van der Waals surface area contributed by atoms with Crippen LogP contribution >= 0.6 is 0 Å². The monoisotopic (exact) mass is 301 g/mol. The first-order valence-electron chi connectivity index (χ1n) is 7.50. The van der Waals surface area contributed by atoms with E-state index in [2.05, 4.69) is 20.4 Å². The van der Waals surface area contributed by atoms with Crippen LogP contribution in [0.15, 0.2) is 33.8 Å². The lowest BCUT2D eigenvalue weighted by molar-refractivity contribution is 0.369. The van der Waals surface area contributed by atoms with Gasteiger partial charge in [0.15, 0.2) is 11.8 Å². The molecule has 6 nitrogen and oxygen atoms in total. The third kappa shape index (κ3) is 4.87. The first-order valence-corrected chi connectivity index (χ1v) is 7.50. The Morgan fingerprint density at radius 3 is 2.91 bits per heavy atom. The summed E-state index contributed by atoms with van der Waals surface area (Å²) in [6.07, 6.45) is 1.52. The molecule has 0 amide bonds. The molecule has 0 aliphatic heterocycles. The van der Waals surface area contributed by atoms with Gasteiger partial charge in [-0.1, -0.05) is 31.1 Å². The molecule has 0 fully saturated rings.